The smallest absolute Gasteiger partial charge is 0.243 e. The summed E-state index contributed by atoms with van der Waals surface area (Å²) in [6.45, 7) is 0. The Balaban J connectivity index is 2.39. The number of nitrogens with one attached hydrogen (secondary N) is 1. The van der Waals surface area contributed by atoms with Gasteiger partial charge in [-0.25, -0.2) is 5.48 Å². The van der Waals surface area contributed by atoms with Crippen molar-refractivity contribution in [1.82, 2.24) is 5.48 Å². The van der Waals surface area contributed by atoms with Crippen LogP contribution < -0.4 is 5.48 Å². The number of hydrogen-bond donors (Lipinski definition) is 2. The van der Waals surface area contributed by atoms with Crippen LogP contribution in [-0.2, 0) is 11.2 Å². The van der Waals surface area contributed by atoms with Crippen LogP contribution in [0, 0.1) is 0 Å². The monoisotopic (exact) mass is 213 g/mol. The van der Waals surface area contributed by atoms with Crippen LogP contribution in [0.2, 0.25) is 5.02 Å². The van der Waals surface area contributed by atoms with Crippen LogP contribution >= 0.6 is 11.6 Å². The molecule has 76 valence electrons. The summed E-state index contributed by atoms with van der Waals surface area (Å²) in [6, 6.07) is 7.53. The Labute approximate surface area is 87.7 Å². The summed E-state index contributed by atoms with van der Waals surface area (Å²) in [5.74, 6) is -0.364. The highest BCUT2D eigenvalue weighted by Crippen LogP contribution is 2.16. The van der Waals surface area contributed by atoms with Gasteiger partial charge in [-0.3, -0.25) is 10.0 Å². The molecule has 1 amide bonds. The molecule has 1 aromatic rings. The lowest BCUT2D eigenvalue weighted by Crippen LogP contribution is -2.18. The SMILES string of the molecule is O=C(CCCc1ccccc1Cl)NO. The minimum atomic E-state index is -0.364. The van der Waals surface area contributed by atoms with Gasteiger partial charge in [0.2, 0.25) is 5.91 Å². The van der Waals surface area contributed by atoms with E-state index in [9.17, 15) is 4.79 Å². The number of hydrogen-bond acceptors (Lipinski definition) is 2. The van der Waals surface area contributed by atoms with Crippen LogP contribution in [0.5, 0.6) is 0 Å². The first-order chi connectivity index (χ1) is 6.74. The number of amides is 1. The number of carbonyl (C=O) groups is 1. The molecule has 14 heavy (non-hydrogen) atoms. The summed E-state index contributed by atoms with van der Waals surface area (Å²) < 4.78 is 0. The Kier molecular flexibility index (Phi) is 4.43. The van der Waals surface area contributed by atoms with E-state index < -0.39 is 0 Å². The Morgan fingerprint density at radius 2 is 2.14 bits per heavy atom. The Morgan fingerprint density at radius 1 is 1.43 bits per heavy atom. The van der Waals surface area contributed by atoms with Gasteiger partial charge in [0.25, 0.3) is 0 Å². The van der Waals surface area contributed by atoms with Crippen molar-refractivity contribution in [3.8, 4) is 0 Å². The number of carbonyl (C=O) groups excluding carboxylic acids is 1. The van der Waals surface area contributed by atoms with Gasteiger partial charge in [0.15, 0.2) is 0 Å². The molecule has 0 aliphatic heterocycles. The molecular weight excluding hydrogens is 202 g/mol. The van der Waals surface area contributed by atoms with Crippen LogP contribution in [-0.4, -0.2) is 11.1 Å². The van der Waals surface area contributed by atoms with Crippen molar-refractivity contribution in [2.24, 2.45) is 0 Å². The first-order valence-electron chi connectivity index (χ1n) is 4.40. The van der Waals surface area contributed by atoms with E-state index in [1.807, 2.05) is 24.3 Å². The molecule has 0 aliphatic rings. The van der Waals surface area contributed by atoms with Crippen LogP contribution in [0.3, 0.4) is 0 Å². The zero-order valence-corrected chi connectivity index (χ0v) is 8.42. The standard InChI is InChI=1S/C10H12ClNO2/c11-9-6-2-1-4-8(9)5-3-7-10(13)12-14/h1-2,4,6,14H,3,5,7H2,(H,12,13). The van der Waals surface area contributed by atoms with Crippen molar-refractivity contribution in [2.75, 3.05) is 0 Å². The fraction of sp³-hybridized carbons (Fsp3) is 0.300. The van der Waals surface area contributed by atoms with E-state index in [0.29, 0.717) is 12.8 Å². The van der Waals surface area contributed by atoms with E-state index in [-0.39, 0.29) is 5.91 Å². The Morgan fingerprint density at radius 3 is 2.79 bits per heavy atom. The zero-order valence-electron chi connectivity index (χ0n) is 7.66. The summed E-state index contributed by atoms with van der Waals surface area (Å²) in [7, 11) is 0. The Bertz CT molecular complexity index is 315. The molecule has 0 atom stereocenters. The third kappa shape index (κ3) is 3.36. The molecule has 0 spiro atoms. The van der Waals surface area contributed by atoms with Gasteiger partial charge in [-0.2, -0.15) is 0 Å². The topological polar surface area (TPSA) is 49.3 Å². The van der Waals surface area contributed by atoms with Crippen LogP contribution in [0.25, 0.3) is 0 Å². The second-order valence-electron chi connectivity index (χ2n) is 2.98. The number of halogens is 1. The zero-order chi connectivity index (χ0) is 10.4. The summed E-state index contributed by atoms with van der Waals surface area (Å²) >= 11 is 5.92. The van der Waals surface area contributed by atoms with Gasteiger partial charge in [-0.15, -0.1) is 0 Å². The molecule has 3 nitrogen and oxygen atoms in total. The molecule has 0 fully saturated rings. The number of rotatable bonds is 4. The first-order valence-corrected chi connectivity index (χ1v) is 4.78. The lowest BCUT2D eigenvalue weighted by Gasteiger charge is -2.02. The highest BCUT2D eigenvalue weighted by molar-refractivity contribution is 6.31. The highest BCUT2D eigenvalue weighted by Gasteiger charge is 2.01. The van der Waals surface area contributed by atoms with Crippen LogP contribution in [0.1, 0.15) is 18.4 Å². The normalized spacial score (nSPS) is 9.86. The Hall–Kier alpha value is -1.06. The van der Waals surface area contributed by atoms with Crippen molar-refractivity contribution < 1.29 is 10.0 Å². The van der Waals surface area contributed by atoms with Gasteiger partial charge in [0.05, 0.1) is 0 Å². The quantitative estimate of drug-likeness (QED) is 0.595. The third-order valence-electron chi connectivity index (χ3n) is 1.93. The van der Waals surface area contributed by atoms with E-state index in [4.69, 9.17) is 16.8 Å². The van der Waals surface area contributed by atoms with Gasteiger partial charge in [0.1, 0.15) is 0 Å². The van der Waals surface area contributed by atoms with E-state index in [1.165, 1.54) is 0 Å². The van der Waals surface area contributed by atoms with Crippen molar-refractivity contribution in [2.45, 2.75) is 19.3 Å². The molecule has 1 aromatic carbocycles. The molecule has 0 saturated heterocycles. The first kappa shape index (κ1) is 11.0. The fourth-order valence-electron chi connectivity index (χ4n) is 1.20. The molecule has 0 aliphatic carbocycles. The van der Waals surface area contributed by atoms with Crippen molar-refractivity contribution in [1.29, 1.82) is 0 Å². The predicted molar refractivity (Wildman–Crippen MR) is 54.3 cm³/mol. The van der Waals surface area contributed by atoms with Crippen molar-refractivity contribution in [3.63, 3.8) is 0 Å². The van der Waals surface area contributed by atoms with Crippen molar-refractivity contribution >= 4 is 17.5 Å². The summed E-state index contributed by atoms with van der Waals surface area (Å²) in [5, 5.41) is 8.98. The molecule has 0 heterocycles. The van der Waals surface area contributed by atoms with E-state index in [1.54, 1.807) is 5.48 Å². The average molecular weight is 214 g/mol. The average Bonchev–Trinajstić information content (AvgIpc) is 2.20. The lowest BCUT2D eigenvalue weighted by atomic mass is 10.1. The summed E-state index contributed by atoms with van der Waals surface area (Å²) in [5.41, 5.74) is 2.62. The summed E-state index contributed by atoms with van der Waals surface area (Å²) in [4.78, 5) is 10.7. The predicted octanol–water partition coefficient (Wildman–Crippen LogP) is 2.17. The fourth-order valence-corrected chi connectivity index (χ4v) is 1.43. The second-order valence-corrected chi connectivity index (χ2v) is 3.39. The lowest BCUT2D eigenvalue weighted by molar-refractivity contribution is -0.129. The van der Waals surface area contributed by atoms with Gasteiger partial charge >= 0.3 is 0 Å². The maximum atomic E-state index is 10.7. The second kappa shape index (κ2) is 5.62. The van der Waals surface area contributed by atoms with E-state index in [0.717, 1.165) is 17.0 Å². The number of benzene rings is 1. The maximum absolute atomic E-state index is 10.7. The molecular formula is C10H12ClNO2. The van der Waals surface area contributed by atoms with Crippen LogP contribution in [0.15, 0.2) is 24.3 Å². The molecule has 4 heteroatoms. The number of aryl methyl sites for hydroxylation is 1. The molecule has 0 aromatic heterocycles. The minimum Gasteiger partial charge on any atom is -0.289 e. The molecule has 0 bridgehead atoms. The molecule has 0 unspecified atom stereocenters. The number of hydroxylamine groups is 1. The third-order valence-corrected chi connectivity index (χ3v) is 2.30. The molecule has 0 saturated carbocycles. The van der Waals surface area contributed by atoms with E-state index in [2.05, 4.69) is 0 Å². The van der Waals surface area contributed by atoms with Gasteiger partial charge < -0.3 is 0 Å². The van der Waals surface area contributed by atoms with Crippen molar-refractivity contribution in [3.05, 3.63) is 34.9 Å². The molecule has 2 N–H and O–H groups in total. The molecule has 0 radical (unpaired) electrons. The molecule has 1 rings (SSSR count). The van der Waals surface area contributed by atoms with Crippen LogP contribution in [0.4, 0.5) is 0 Å². The maximum Gasteiger partial charge on any atom is 0.243 e. The minimum absolute atomic E-state index is 0.307. The van der Waals surface area contributed by atoms with Gasteiger partial charge in [-0.1, -0.05) is 29.8 Å². The highest BCUT2D eigenvalue weighted by atomic mass is 35.5. The van der Waals surface area contributed by atoms with Gasteiger partial charge in [-0.05, 0) is 24.5 Å². The van der Waals surface area contributed by atoms with Gasteiger partial charge in [0, 0.05) is 11.4 Å². The largest absolute Gasteiger partial charge is 0.289 e. The summed E-state index contributed by atoms with van der Waals surface area (Å²) in [6.07, 6.45) is 1.73. The van der Waals surface area contributed by atoms with E-state index >= 15 is 0 Å².